The van der Waals surface area contributed by atoms with Gasteiger partial charge in [-0.05, 0) is 18.4 Å². The van der Waals surface area contributed by atoms with Crippen LogP contribution in [0.1, 0.15) is 25.3 Å². The Morgan fingerprint density at radius 2 is 1.57 bits per heavy atom. The van der Waals surface area contributed by atoms with E-state index in [4.69, 9.17) is 0 Å². The van der Waals surface area contributed by atoms with Gasteiger partial charge in [0.2, 0.25) is 0 Å². The van der Waals surface area contributed by atoms with Crippen LogP contribution in [0.15, 0.2) is 30.3 Å². The van der Waals surface area contributed by atoms with E-state index in [0.29, 0.717) is 0 Å². The average molecular weight is 218 g/mol. The highest BCUT2D eigenvalue weighted by Crippen LogP contribution is 2.03. The molecular weight excluding hydrogens is 204 g/mol. The van der Waals surface area contributed by atoms with Gasteiger partial charge in [0.25, 0.3) is 0 Å². The van der Waals surface area contributed by atoms with Crippen LogP contribution in [0.4, 0.5) is 10.6 Å². The SMILES string of the molecule is CCCCc1ccccc1.[F][Al]([F])[F]. The molecule has 0 fully saturated rings. The quantitative estimate of drug-likeness (QED) is 0.675. The summed E-state index contributed by atoms with van der Waals surface area (Å²) in [7, 11) is 0. The minimum absolute atomic E-state index is 1.23. The number of rotatable bonds is 3. The minimum atomic E-state index is -4.64. The van der Waals surface area contributed by atoms with Gasteiger partial charge in [-0.15, -0.1) is 0 Å². The van der Waals surface area contributed by atoms with Crippen molar-refractivity contribution < 1.29 is 10.6 Å². The van der Waals surface area contributed by atoms with Crippen molar-refractivity contribution in [2.24, 2.45) is 0 Å². The molecular formula is C10H14AlF3. The maximum atomic E-state index is 9.81. The summed E-state index contributed by atoms with van der Waals surface area (Å²) < 4.78 is 29.4. The lowest BCUT2D eigenvalue weighted by atomic mass is 10.1. The second kappa shape index (κ2) is 9.11. The molecule has 0 saturated carbocycles. The van der Waals surface area contributed by atoms with Gasteiger partial charge in [0.05, 0.1) is 0 Å². The first-order valence-corrected chi connectivity index (χ1v) is 5.94. The fraction of sp³-hybridized carbons (Fsp3) is 0.400. The molecule has 0 aromatic heterocycles. The molecule has 0 heterocycles. The molecule has 0 aliphatic heterocycles. The highest BCUT2D eigenvalue weighted by atomic mass is 27.3. The Morgan fingerprint density at radius 1 is 1.07 bits per heavy atom. The molecule has 0 N–H and O–H groups in total. The van der Waals surface area contributed by atoms with Crippen LogP contribution in [0.3, 0.4) is 0 Å². The second-order valence-corrected chi connectivity index (χ2v) is 3.33. The van der Waals surface area contributed by atoms with Crippen molar-refractivity contribution in [3.8, 4) is 0 Å². The molecule has 0 radical (unpaired) electrons. The fourth-order valence-electron chi connectivity index (χ4n) is 1.03. The van der Waals surface area contributed by atoms with Gasteiger partial charge in [-0.25, -0.2) is 0 Å². The van der Waals surface area contributed by atoms with Crippen LogP contribution in [0.2, 0.25) is 0 Å². The first-order valence-electron chi connectivity index (χ1n) is 4.63. The molecule has 1 aromatic rings. The molecule has 0 atom stereocenters. The third kappa shape index (κ3) is 9.63. The molecule has 0 aliphatic rings. The number of halogens is 3. The van der Waals surface area contributed by atoms with E-state index in [1.165, 1.54) is 24.8 Å². The summed E-state index contributed by atoms with van der Waals surface area (Å²) >= 11 is -4.64. The van der Waals surface area contributed by atoms with Gasteiger partial charge in [-0.2, -0.15) is 0 Å². The predicted octanol–water partition coefficient (Wildman–Crippen LogP) is 3.91. The van der Waals surface area contributed by atoms with Crippen LogP contribution in [-0.4, -0.2) is 15.5 Å². The van der Waals surface area contributed by atoms with Gasteiger partial charge in [0.15, 0.2) is 0 Å². The molecule has 14 heavy (non-hydrogen) atoms. The van der Waals surface area contributed by atoms with Crippen molar-refractivity contribution in [3.63, 3.8) is 0 Å². The van der Waals surface area contributed by atoms with E-state index in [1.54, 1.807) is 0 Å². The Morgan fingerprint density at radius 3 is 2.00 bits per heavy atom. The van der Waals surface area contributed by atoms with E-state index in [1.807, 2.05) is 0 Å². The third-order valence-corrected chi connectivity index (χ3v) is 1.66. The molecule has 0 spiro atoms. The summed E-state index contributed by atoms with van der Waals surface area (Å²) in [4.78, 5) is 0. The van der Waals surface area contributed by atoms with Gasteiger partial charge in [0.1, 0.15) is 0 Å². The van der Waals surface area contributed by atoms with Gasteiger partial charge in [0, 0.05) is 0 Å². The molecule has 0 saturated heterocycles. The molecule has 0 nitrogen and oxygen atoms in total. The Labute approximate surface area is 88.6 Å². The van der Waals surface area contributed by atoms with Gasteiger partial charge < -0.3 is 10.6 Å². The Hall–Kier alpha value is -0.458. The highest BCUT2D eigenvalue weighted by Gasteiger charge is 2.21. The van der Waals surface area contributed by atoms with E-state index < -0.39 is 15.5 Å². The van der Waals surface area contributed by atoms with Crippen LogP contribution in [0.5, 0.6) is 0 Å². The molecule has 0 amide bonds. The Kier molecular flexibility index (Phi) is 8.81. The molecule has 0 bridgehead atoms. The fourth-order valence-corrected chi connectivity index (χ4v) is 1.03. The zero-order valence-electron chi connectivity index (χ0n) is 8.22. The number of unbranched alkanes of at least 4 members (excludes halogenated alkanes) is 1. The summed E-state index contributed by atoms with van der Waals surface area (Å²) in [6.07, 6.45) is 3.83. The van der Waals surface area contributed by atoms with Crippen LogP contribution >= 0.6 is 0 Å². The zero-order valence-corrected chi connectivity index (χ0v) is 9.37. The highest BCUT2D eigenvalue weighted by molar-refractivity contribution is 6.33. The summed E-state index contributed by atoms with van der Waals surface area (Å²) in [6, 6.07) is 10.6. The Balaban J connectivity index is 0.000000364. The van der Waals surface area contributed by atoms with Crippen LogP contribution in [0.25, 0.3) is 0 Å². The van der Waals surface area contributed by atoms with E-state index in [-0.39, 0.29) is 0 Å². The lowest BCUT2D eigenvalue weighted by molar-refractivity contribution is 0.535. The smallest absolute Gasteiger partial charge is 0.346 e. The molecule has 1 rings (SSSR count). The zero-order chi connectivity index (χ0) is 10.8. The summed E-state index contributed by atoms with van der Waals surface area (Å²) in [5.74, 6) is 0. The van der Waals surface area contributed by atoms with Crippen LogP contribution < -0.4 is 0 Å². The Bertz CT molecular complexity index is 211. The number of hydrogen-bond donors (Lipinski definition) is 0. The average Bonchev–Trinajstić information content (AvgIpc) is 2.15. The third-order valence-electron chi connectivity index (χ3n) is 1.66. The van der Waals surface area contributed by atoms with Gasteiger partial charge in [-0.1, -0.05) is 43.7 Å². The maximum Gasteiger partial charge on any atom is 1.04 e. The van der Waals surface area contributed by atoms with E-state index in [9.17, 15) is 10.6 Å². The lowest BCUT2D eigenvalue weighted by Crippen LogP contribution is -1.81. The largest absolute Gasteiger partial charge is 1.04 e. The maximum absolute atomic E-state index is 9.81. The van der Waals surface area contributed by atoms with Crippen molar-refractivity contribution >= 4 is 15.5 Å². The number of hydrogen-bond acceptors (Lipinski definition) is 0. The molecule has 0 aliphatic carbocycles. The summed E-state index contributed by atoms with van der Waals surface area (Å²) in [6.45, 7) is 2.23. The van der Waals surface area contributed by atoms with Crippen molar-refractivity contribution in [1.29, 1.82) is 0 Å². The van der Waals surface area contributed by atoms with Crippen molar-refractivity contribution in [1.82, 2.24) is 0 Å². The normalized spacial score (nSPS) is 8.86. The van der Waals surface area contributed by atoms with Crippen molar-refractivity contribution in [2.45, 2.75) is 26.2 Å². The van der Waals surface area contributed by atoms with Crippen molar-refractivity contribution in [2.75, 3.05) is 0 Å². The standard InChI is InChI=1S/C10H14.Al.3FH/c1-2-3-7-10-8-5-4-6-9-10;;;;/h4-6,8-9H,2-3,7H2,1H3;;3*1H/q;+3;;;/p-3. The van der Waals surface area contributed by atoms with Crippen LogP contribution in [0, 0.1) is 0 Å². The van der Waals surface area contributed by atoms with E-state index >= 15 is 0 Å². The predicted molar refractivity (Wildman–Crippen MR) is 54.1 cm³/mol. The van der Waals surface area contributed by atoms with Gasteiger partial charge >= 0.3 is 15.5 Å². The number of benzene rings is 1. The number of aryl methyl sites for hydroxylation is 1. The summed E-state index contributed by atoms with van der Waals surface area (Å²) in [5.41, 5.74) is 1.46. The molecule has 0 unspecified atom stereocenters. The molecule has 1 aromatic carbocycles. The lowest BCUT2D eigenvalue weighted by Gasteiger charge is -1.96. The minimum Gasteiger partial charge on any atom is -0.346 e. The topological polar surface area (TPSA) is 0 Å². The molecule has 78 valence electrons. The van der Waals surface area contributed by atoms with Gasteiger partial charge in [-0.3, -0.25) is 0 Å². The first-order chi connectivity index (χ1) is 6.66. The first kappa shape index (κ1) is 13.5. The monoisotopic (exact) mass is 218 g/mol. The van der Waals surface area contributed by atoms with E-state index in [2.05, 4.69) is 37.3 Å². The summed E-state index contributed by atoms with van der Waals surface area (Å²) in [5, 5.41) is 0. The van der Waals surface area contributed by atoms with Crippen LogP contribution in [-0.2, 0) is 6.42 Å². The second-order valence-electron chi connectivity index (χ2n) is 2.84. The molecule has 4 heteroatoms. The van der Waals surface area contributed by atoms with E-state index in [0.717, 1.165) is 0 Å². The van der Waals surface area contributed by atoms with Crippen molar-refractivity contribution in [3.05, 3.63) is 35.9 Å².